The van der Waals surface area contributed by atoms with Crippen LogP contribution in [-0.2, 0) is 47.7 Å². The molecule has 1 heterocycles. The summed E-state index contributed by atoms with van der Waals surface area (Å²) in [7, 11) is 0. The maximum atomic E-state index is 12.6. The van der Waals surface area contributed by atoms with Crippen molar-refractivity contribution in [2.45, 2.75) is 148 Å². The predicted octanol–water partition coefficient (Wildman–Crippen LogP) is 2.80. The van der Waals surface area contributed by atoms with Crippen LogP contribution in [-0.4, -0.2) is 86.2 Å². The minimum atomic E-state index is -1.29. The summed E-state index contributed by atoms with van der Waals surface area (Å²) >= 11 is 0. The fourth-order valence-electron chi connectivity index (χ4n) is 5.02. The Morgan fingerprint density at radius 1 is 0.750 bits per heavy atom. The number of esters is 3. The number of ether oxygens (including phenoxy) is 5. The zero-order chi connectivity index (χ0) is 32.9. The molecule has 44 heavy (non-hydrogen) atoms. The molecule has 0 saturated carbocycles. The SMILES string of the molecule is CCCCCCCCCCCCCCNC(=O)[C@@H](N)CO[C@@H]1O[C@H](COC(C)=O)[C@H](OC(C)=O)[C@H](OC(C)=O)[C@H]1NC(C)=O. The summed E-state index contributed by atoms with van der Waals surface area (Å²) < 4.78 is 27.6. The minimum absolute atomic E-state index is 0.295. The number of unbranched alkanes of at least 4 members (excludes halogenated alkanes) is 11. The minimum Gasteiger partial charge on any atom is -0.463 e. The molecule has 0 unspecified atom stereocenters. The Kier molecular flexibility index (Phi) is 20.2. The highest BCUT2D eigenvalue weighted by Gasteiger charge is 2.51. The van der Waals surface area contributed by atoms with Crippen molar-refractivity contribution in [2.24, 2.45) is 5.73 Å². The molecule has 0 aliphatic carbocycles. The van der Waals surface area contributed by atoms with Gasteiger partial charge in [-0.3, -0.25) is 24.0 Å². The van der Waals surface area contributed by atoms with E-state index in [0.29, 0.717) is 6.54 Å². The van der Waals surface area contributed by atoms with Crippen LogP contribution in [0.3, 0.4) is 0 Å². The number of carbonyl (C=O) groups excluding carboxylic acids is 5. The Morgan fingerprint density at radius 3 is 1.77 bits per heavy atom. The van der Waals surface area contributed by atoms with Crippen molar-refractivity contribution in [1.82, 2.24) is 10.6 Å². The molecule has 0 spiro atoms. The lowest BCUT2D eigenvalue weighted by atomic mass is 9.96. The summed E-state index contributed by atoms with van der Waals surface area (Å²) in [5.41, 5.74) is 6.07. The van der Waals surface area contributed by atoms with Gasteiger partial charge < -0.3 is 40.1 Å². The molecule has 1 rings (SSSR count). The second kappa shape index (κ2) is 22.7. The van der Waals surface area contributed by atoms with Gasteiger partial charge in [-0.05, 0) is 6.42 Å². The van der Waals surface area contributed by atoms with Crippen LogP contribution in [0, 0.1) is 0 Å². The normalized spacial score (nSPS) is 22.0. The molecule has 0 aromatic heterocycles. The first-order chi connectivity index (χ1) is 21.0. The first-order valence-electron chi connectivity index (χ1n) is 16.0. The summed E-state index contributed by atoms with van der Waals surface area (Å²) in [4.78, 5) is 59.9. The Balaban J connectivity index is 2.62. The summed E-state index contributed by atoms with van der Waals surface area (Å²) in [6, 6.07) is -2.19. The van der Waals surface area contributed by atoms with Crippen molar-refractivity contribution in [3.63, 3.8) is 0 Å². The van der Waals surface area contributed by atoms with Crippen LogP contribution in [0.25, 0.3) is 0 Å². The van der Waals surface area contributed by atoms with Gasteiger partial charge in [0, 0.05) is 34.2 Å². The van der Waals surface area contributed by atoms with Crippen molar-refractivity contribution in [3.05, 3.63) is 0 Å². The summed E-state index contributed by atoms with van der Waals surface area (Å²) in [5.74, 6) is -2.97. The van der Waals surface area contributed by atoms with Crippen molar-refractivity contribution >= 4 is 29.7 Å². The third-order valence-corrected chi connectivity index (χ3v) is 7.18. The van der Waals surface area contributed by atoms with E-state index < -0.39 is 66.4 Å². The molecule has 0 radical (unpaired) electrons. The number of hydrogen-bond donors (Lipinski definition) is 3. The molecule has 1 aliphatic rings. The fraction of sp³-hybridized carbons (Fsp3) is 0.839. The van der Waals surface area contributed by atoms with E-state index >= 15 is 0 Å². The van der Waals surface area contributed by atoms with Gasteiger partial charge in [0.15, 0.2) is 18.5 Å². The van der Waals surface area contributed by atoms with Gasteiger partial charge in [0.1, 0.15) is 24.8 Å². The van der Waals surface area contributed by atoms with E-state index in [-0.39, 0.29) is 13.2 Å². The standard InChI is InChI=1S/C31H55N3O10/c1-6-7-8-9-10-11-12-13-14-15-16-17-18-33-30(39)25(32)19-41-31-27(34-21(2)35)29(43-24(5)38)28(42-23(4)37)26(44-31)20-40-22(3)36/h25-29,31H,6-20,32H2,1-5H3,(H,33,39)(H,34,35)/t25-,26+,27+,28-,29+,31+/m0/s1. The second-order valence-corrected chi connectivity index (χ2v) is 11.3. The highest BCUT2D eigenvalue weighted by atomic mass is 16.7. The zero-order valence-electron chi connectivity index (χ0n) is 27.2. The van der Waals surface area contributed by atoms with Crippen LogP contribution < -0.4 is 16.4 Å². The number of amides is 2. The van der Waals surface area contributed by atoms with Crippen LogP contribution in [0.15, 0.2) is 0 Å². The maximum absolute atomic E-state index is 12.6. The third-order valence-electron chi connectivity index (χ3n) is 7.18. The summed E-state index contributed by atoms with van der Waals surface area (Å²) in [6.45, 7) is 6.80. The first-order valence-corrected chi connectivity index (χ1v) is 16.0. The number of nitrogens with one attached hydrogen (secondary N) is 2. The van der Waals surface area contributed by atoms with Crippen LogP contribution in [0.2, 0.25) is 0 Å². The highest BCUT2D eigenvalue weighted by molar-refractivity contribution is 5.81. The number of rotatable bonds is 22. The monoisotopic (exact) mass is 629 g/mol. The fourth-order valence-corrected chi connectivity index (χ4v) is 5.02. The molecule has 1 aliphatic heterocycles. The van der Waals surface area contributed by atoms with Gasteiger partial charge in [0.2, 0.25) is 11.8 Å². The van der Waals surface area contributed by atoms with Crippen LogP contribution in [0.5, 0.6) is 0 Å². The molecule has 1 saturated heterocycles. The Bertz CT molecular complexity index is 887. The van der Waals surface area contributed by atoms with Gasteiger partial charge in [0.25, 0.3) is 0 Å². The van der Waals surface area contributed by atoms with Gasteiger partial charge in [-0.25, -0.2) is 0 Å². The number of nitrogens with two attached hydrogens (primary N) is 1. The summed E-state index contributed by atoms with van der Waals surface area (Å²) in [5, 5.41) is 5.42. The number of hydrogen-bond acceptors (Lipinski definition) is 11. The van der Waals surface area contributed by atoms with Gasteiger partial charge >= 0.3 is 17.9 Å². The van der Waals surface area contributed by atoms with Gasteiger partial charge in [-0.2, -0.15) is 0 Å². The second-order valence-electron chi connectivity index (χ2n) is 11.3. The summed E-state index contributed by atoms with van der Waals surface area (Å²) in [6.07, 6.45) is 9.73. The average Bonchev–Trinajstić information content (AvgIpc) is 2.94. The predicted molar refractivity (Wildman–Crippen MR) is 162 cm³/mol. The van der Waals surface area contributed by atoms with E-state index in [1.54, 1.807) is 0 Å². The highest BCUT2D eigenvalue weighted by Crippen LogP contribution is 2.28. The lowest BCUT2D eigenvalue weighted by molar-refractivity contribution is -0.278. The van der Waals surface area contributed by atoms with Crippen LogP contribution >= 0.6 is 0 Å². The van der Waals surface area contributed by atoms with Gasteiger partial charge in [-0.1, -0.05) is 77.6 Å². The lowest BCUT2D eigenvalue weighted by Gasteiger charge is -2.45. The Hall–Kier alpha value is -2.77. The topological polar surface area (TPSA) is 182 Å². The Labute approximate surface area is 261 Å². The van der Waals surface area contributed by atoms with E-state index in [2.05, 4.69) is 17.6 Å². The largest absolute Gasteiger partial charge is 0.463 e. The molecule has 13 nitrogen and oxygen atoms in total. The average molecular weight is 630 g/mol. The van der Waals surface area contributed by atoms with Crippen molar-refractivity contribution in [1.29, 1.82) is 0 Å². The molecule has 254 valence electrons. The van der Waals surface area contributed by atoms with Gasteiger partial charge in [-0.15, -0.1) is 0 Å². The van der Waals surface area contributed by atoms with E-state index in [1.807, 2.05) is 0 Å². The van der Waals surface area contributed by atoms with Crippen molar-refractivity contribution < 1.29 is 47.7 Å². The smallest absolute Gasteiger partial charge is 0.303 e. The molecule has 2 amide bonds. The molecule has 13 heteroatoms. The molecular formula is C31H55N3O10. The molecular weight excluding hydrogens is 574 g/mol. The Morgan fingerprint density at radius 2 is 1.27 bits per heavy atom. The van der Waals surface area contributed by atoms with E-state index in [1.165, 1.54) is 71.6 Å². The zero-order valence-corrected chi connectivity index (χ0v) is 27.2. The number of carbonyl (C=O) groups is 5. The van der Waals surface area contributed by atoms with Crippen molar-refractivity contribution in [2.75, 3.05) is 19.8 Å². The van der Waals surface area contributed by atoms with Crippen molar-refractivity contribution in [3.8, 4) is 0 Å². The lowest BCUT2D eigenvalue weighted by Crippen LogP contribution is -2.67. The van der Waals surface area contributed by atoms with Crippen LogP contribution in [0.4, 0.5) is 0 Å². The molecule has 0 aromatic carbocycles. The molecule has 4 N–H and O–H groups in total. The quantitative estimate of drug-likeness (QED) is 0.0910. The van der Waals surface area contributed by atoms with Gasteiger partial charge in [0.05, 0.1) is 6.61 Å². The van der Waals surface area contributed by atoms with E-state index in [0.717, 1.165) is 33.1 Å². The molecule has 6 atom stereocenters. The molecule has 0 aromatic rings. The maximum Gasteiger partial charge on any atom is 0.303 e. The third kappa shape index (κ3) is 16.9. The van der Waals surface area contributed by atoms with E-state index in [4.69, 9.17) is 29.4 Å². The molecule has 1 fully saturated rings. The van der Waals surface area contributed by atoms with E-state index in [9.17, 15) is 24.0 Å². The van der Waals surface area contributed by atoms with Crippen LogP contribution in [0.1, 0.15) is 112 Å². The first kappa shape index (κ1) is 39.3. The molecule has 0 bridgehead atoms.